The highest BCUT2D eigenvalue weighted by molar-refractivity contribution is 6.30. The molecule has 0 bridgehead atoms. The highest BCUT2D eigenvalue weighted by Gasteiger charge is 2.35. The van der Waals surface area contributed by atoms with Gasteiger partial charge in [0, 0.05) is 37.8 Å². The van der Waals surface area contributed by atoms with E-state index in [1.807, 2.05) is 12.1 Å². The molecule has 0 aromatic heterocycles. The molecule has 2 aliphatic heterocycles. The Bertz CT molecular complexity index is 746. The number of piperidine rings is 2. The van der Waals surface area contributed by atoms with Crippen LogP contribution < -0.4 is 5.32 Å². The maximum absolute atomic E-state index is 13.4. The Morgan fingerprint density at radius 2 is 1.82 bits per heavy atom. The SMILES string of the molecule is CCCCN1CC(C(=O)NC2CCC(Cc3cccc(Cl)c3)CN2CCCC)CCC1COC. The number of hydrogen-bond donors (Lipinski definition) is 1. The summed E-state index contributed by atoms with van der Waals surface area (Å²) in [6.45, 7) is 9.25. The van der Waals surface area contributed by atoms with Gasteiger partial charge in [0.05, 0.1) is 18.7 Å². The lowest BCUT2D eigenvalue weighted by molar-refractivity contribution is -0.130. The van der Waals surface area contributed by atoms with E-state index in [0.29, 0.717) is 12.0 Å². The third kappa shape index (κ3) is 8.22. The number of nitrogens with one attached hydrogen (secondary N) is 1. The number of carbonyl (C=O) groups excluding carboxylic acids is 1. The molecule has 4 unspecified atom stereocenters. The van der Waals surface area contributed by atoms with Gasteiger partial charge < -0.3 is 10.1 Å². The van der Waals surface area contributed by atoms with Gasteiger partial charge in [-0.25, -0.2) is 0 Å². The number of carbonyl (C=O) groups is 1. The second-order valence-electron chi connectivity index (χ2n) is 10.4. The van der Waals surface area contributed by atoms with Gasteiger partial charge in [-0.3, -0.25) is 14.6 Å². The minimum atomic E-state index is 0.0853. The molecule has 0 radical (unpaired) electrons. The van der Waals surface area contributed by atoms with Crippen molar-refractivity contribution in [2.24, 2.45) is 11.8 Å². The molecule has 2 heterocycles. The van der Waals surface area contributed by atoms with Crippen LogP contribution in [-0.4, -0.2) is 67.8 Å². The summed E-state index contributed by atoms with van der Waals surface area (Å²) in [5.74, 6) is 0.941. The fraction of sp³-hybridized carbons (Fsp3) is 0.750. The summed E-state index contributed by atoms with van der Waals surface area (Å²) in [6, 6.07) is 8.71. The molecule has 0 spiro atoms. The number of likely N-dealkylation sites (tertiary alicyclic amines) is 2. The molecule has 2 saturated heterocycles. The van der Waals surface area contributed by atoms with Crippen molar-refractivity contribution in [2.45, 2.75) is 83.8 Å². The number of hydrogen-bond acceptors (Lipinski definition) is 4. The van der Waals surface area contributed by atoms with Crippen molar-refractivity contribution in [1.29, 1.82) is 0 Å². The Hall–Kier alpha value is -1.14. The van der Waals surface area contributed by atoms with Crippen LogP contribution >= 0.6 is 11.6 Å². The molecular formula is C28H46ClN3O2. The Kier molecular flexibility index (Phi) is 11.6. The molecule has 34 heavy (non-hydrogen) atoms. The lowest BCUT2D eigenvalue weighted by Gasteiger charge is -2.42. The highest BCUT2D eigenvalue weighted by atomic mass is 35.5. The number of unbranched alkanes of at least 4 members (excludes halogenated alkanes) is 2. The average molecular weight is 492 g/mol. The zero-order chi connectivity index (χ0) is 24.3. The first-order valence-corrected chi connectivity index (χ1v) is 13.9. The van der Waals surface area contributed by atoms with Gasteiger partial charge in [0.2, 0.25) is 5.91 Å². The monoisotopic (exact) mass is 491 g/mol. The summed E-state index contributed by atoms with van der Waals surface area (Å²) in [4.78, 5) is 18.4. The largest absolute Gasteiger partial charge is 0.383 e. The lowest BCUT2D eigenvalue weighted by Crippen LogP contribution is -2.56. The fourth-order valence-electron chi connectivity index (χ4n) is 5.67. The zero-order valence-corrected chi connectivity index (χ0v) is 22.4. The summed E-state index contributed by atoms with van der Waals surface area (Å²) in [5, 5.41) is 4.29. The molecule has 0 aliphatic carbocycles. The maximum atomic E-state index is 13.4. The number of methoxy groups -OCH3 is 1. The lowest BCUT2D eigenvalue weighted by atomic mass is 9.89. The topological polar surface area (TPSA) is 44.8 Å². The van der Waals surface area contributed by atoms with Crippen LogP contribution in [-0.2, 0) is 16.0 Å². The minimum Gasteiger partial charge on any atom is -0.383 e. The number of benzene rings is 1. The Balaban J connectivity index is 1.57. The third-order valence-corrected chi connectivity index (χ3v) is 7.89. The van der Waals surface area contributed by atoms with Crippen molar-refractivity contribution in [3.8, 4) is 0 Å². The molecular weight excluding hydrogens is 446 g/mol. The van der Waals surface area contributed by atoms with Crippen molar-refractivity contribution >= 4 is 17.5 Å². The van der Waals surface area contributed by atoms with Crippen LogP contribution in [0.1, 0.15) is 70.8 Å². The first-order chi connectivity index (χ1) is 16.5. The van der Waals surface area contributed by atoms with E-state index in [4.69, 9.17) is 16.3 Å². The van der Waals surface area contributed by atoms with Crippen LogP contribution in [0.5, 0.6) is 0 Å². The summed E-state index contributed by atoms with van der Waals surface area (Å²) in [5.41, 5.74) is 1.32. The van der Waals surface area contributed by atoms with E-state index < -0.39 is 0 Å². The van der Waals surface area contributed by atoms with E-state index in [0.717, 1.165) is 69.9 Å². The second kappa shape index (κ2) is 14.4. The van der Waals surface area contributed by atoms with E-state index in [1.165, 1.54) is 31.2 Å². The van der Waals surface area contributed by atoms with Crippen molar-refractivity contribution in [3.05, 3.63) is 34.9 Å². The standard InChI is InChI=1S/C28H46ClN3O2/c1-4-6-15-31-20-24(12-13-26(31)21-34-3)28(33)30-27-14-11-23(19-32(27)16-7-5-2)17-22-9-8-10-25(29)18-22/h8-10,18,23-24,26-27H,4-7,11-17,19-21H2,1-3H3,(H,30,33). The number of ether oxygens (including phenoxy) is 1. The fourth-order valence-corrected chi connectivity index (χ4v) is 5.89. The van der Waals surface area contributed by atoms with Gasteiger partial charge in [-0.15, -0.1) is 0 Å². The summed E-state index contributed by atoms with van der Waals surface area (Å²) >= 11 is 6.21. The van der Waals surface area contributed by atoms with Gasteiger partial charge in [-0.1, -0.05) is 50.4 Å². The number of amides is 1. The molecule has 2 fully saturated rings. The molecule has 0 saturated carbocycles. The number of rotatable bonds is 12. The Morgan fingerprint density at radius 3 is 2.53 bits per heavy atom. The summed E-state index contributed by atoms with van der Waals surface area (Å²) in [7, 11) is 1.78. The van der Waals surface area contributed by atoms with E-state index in [2.05, 4.69) is 41.1 Å². The van der Waals surface area contributed by atoms with Gasteiger partial charge in [-0.2, -0.15) is 0 Å². The van der Waals surface area contributed by atoms with Crippen molar-refractivity contribution < 1.29 is 9.53 Å². The van der Waals surface area contributed by atoms with Crippen LogP contribution in [0.15, 0.2) is 24.3 Å². The van der Waals surface area contributed by atoms with E-state index in [9.17, 15) is 4.79 Å². The Morgan fingerprint density at radius 1 is 1.06 bits per heavy atom. The predicted molar refractivity (Wildman–Crippen MR) is 141 cm³/mol. The molecule has 3 rings (SSSR count). The molecule has 1 aromatic carbocycles. The van der Waals surface area contributed by atoms with Gasteiger partial charge in [0.15, 0.2) is 0 Å². The van der Waals surface area contributed by atoms with Gasteiger partial charge in [0.1, 0.15) is 0 Å². The van der Waals surface area contributed by atoms with Crippen LogP contribution in [0, 0.1) is 11.8 Å². The molecule has 4 atom stereocenters. The van der Waals surface area contributed by atoms with Gasteiger partial charge in [-0.05, 0) is 75.1 Å². The van der Waals surface area contributed by atoms with Crippen LogP contribution in [0.2, 0.25) is 5.02 Å². The van der Waals surface area contributed by atoms with Gasteiger partial charge >= 0.3 is 0 Å². The van der Waals surface area contributed by atoms with Gasteiger partial charge in [0.25, 0.3) is 0 Å². The zero-order valence-electron chi connectivity index (χ0n) is 21.6. The Labute approximate surface area is 212 Å². The van der Waals surface area contributed by atoms with Crippen LogP contribution in [0.25, 0.3) is 0 Å². The average Bonchev–Trinajstić information content (AvgIpc) is 2.83. The van der Waals surface area contributed by atoms with E-state index >= 15 is 0 Å². The molecule has 2 aliphatic rings. The summed E-state index contributed by atoms with van der Waals surface area (Å²) in [6.07, 6.45) is 10.1. The quantitative estimate of drug-likeness (QED) is 0.427. The second-order valence-corrected chi connectivity index (χ2v) is 10.8. The molecule has 5 nitrogen and oxygen atoms in total. The first-order valence-electron chi connectivity index (χ1n) is 13.6. The highest BCUT2D eigenvalue weighted by Crippen LogP contribution is 2.27. The number of nitrogens with zero attached hydrogens (tertiary/aromatic N) is 2. The van der Waals surface area contributed by atoms with Crippen LogP contribution in [0.4, 0.5) is 0 Å². The van der Waals surface area contributed by atoms with E-state index in [1.54, 1.807) is 7.11 Å². The third-order valence-electron chi connectivity index (χ3n) is 7.65. The molecule has 1 N–H and O–H groups in total. The van der Waals surface area contributed by atoms with Crippen LogP contribution in [0.3, 0.4) is 0 Å². The van der Waals surface area contributed by atoms with Crippen molar-refractivity contribution in [2.75, 3.05) is 39.9 Å². The number of halogens is 1. The minimum absolute atomic E-state index is 0.0853. The first kappa shape index (κ1) is 27.4. The normalized spacial score (nSPS) is 26.5. The smallest absolute Gasteiger partial charge is 0.225 e. The molecule has 192 valence electrons. The summed E-state index contributed by atoms with van der Waals surface area (Å²) < 4.78 is 5.46. The van der Waals surface area contributed by atoms with Crippen molar-refractivity contribution in [3.63, 3.8) is 0 Å². The maximum Gasteiger partial charge on any atom is 0.225 e. The molecule has 6 heteroatoms. The predicted octanol–water partition coefficient (Wildman–Crippen LogP) is 5.36. The van der Waals surface area contributed by atoms with Crippen molar-refractivity contribution in [1.82, 2.24) is 15.1 Å². The van der Waals surface area contributed by atoms with E-state index in [-0.39, 0.29) is 18.0 Å². The molecule has 1 amide bonds. The molecule has 1 aromatic rings.